The monoisotopic (exact) mass is 533 g/mol. The van der Waals surface area contributed by atoms with Crippen molar-refractivity contribution in [2.24, 2.45) is 5.10 Å². The molecule has 1 amide bonds. The van der Waals surface area contributed by atoms with Crippen LogP contribution in [0.2, 0.25) is 5.15 Å². The predicted molar refractivity (Wildman–Crippen MR) is 139 cm³/mol. The van der Waals surface area contributed by atoms with Crippen molar-refractivity contribution in [1.82, 2.24) is 9.99 Å². The van der Waals surface area contributed by atoms with Crippen LogP contribution in [0.3, 0.4) is 0 Å². The van der Waals surface area contributed by atoms with Crippen LogP contribution in [0.1, 0.15) is 39.5 Å². The summed E-state index contributed by atoms with van der Waals surface area (Å²) in [6, 6.07) is 22.7. The van der Waals surface area contributed by atoms with Gasteiger partial charge in [0.1, 0.15) is 10.9 Å². The first-order valence-corrected chi connectivity index (χ1v) is 12.0. The molecule has 0 saturated heterocycles. The molecule has 7 heteroatoms. The number of carbonyl (C=O) groups excluding carboxylic acids is 1. The third-order valence-electron chi connectivity index (χ3n) is 5.95. The van der Waals surface area contributed by atoms with Crippen LogP contribution in [0.25, 0.3) is 10.9 Å². The minimum atomic E-state index is -0.376. The van der Waals surface area contributed by atoms with Gasteiger partial charge in [0, 0.05) is 27.4 Å². The average Bonchev–Trinajstić information content (AvgIpc) is 3.29. The zero-order valence-corrected chi connectivity index (χ0v) is 21.0. The van der Waals surface area contributed by atoms with E-state index >= 15 is 0 Å². The number of rotatable bonds is 4. The second kappa shape index (κ2) is 9.20. The molecule has 1 atom stereocenters. The van der Waals surface area contributed by atoms with Crippen molar-refractivity contribution < 1.29 is 9.53 Å². The number of fused-ring (bicyclic) bond motifs is 1. The van der Waals surface area contributed by atoms with Crippen LogP contribution in [0.15, 0.2) is 82.4 Å². The van der Waals surface area contributed by atoms with E-state index in [-0.39, 0.29) is 11.9 Å². The fourth-order valence-corrected chi connectivity index (χ4v) is 4.66. The fraction of sp³-hybridized carbons (Fsp3) is 0.148. The molecule has 2 heterocycles. The Morgan fingerprint density at radius 3 is 2.50 bits per heavy atom. The number of methoxy groups -OCH3 is 1. The minimum Gasteiger partial charge on any atom is -0.497 e. The van der Waals surface area contributed by atoms with E-state index in [4.69, 9.17) is 21.4 Å². The molecule has 0 spiro atoms. The first-order valence-electron chi connectivity index (χ1n) is 10.8. The number of hydrogen-bond donors (Lipinski definition) is 0. The van der Waals surface area contributed by atoms with Gasteiger partial charge in [0.15, 0.2) is 0 Å². The summed E-state index contributed by atoms with van der Waals surface area (Å²) >= 11 is 10.1. The largest absolute Gasteiger partial charge is 0.497 e. The lowest BCUT2D eigenvalue weighted by atomic mass is 9.97. The summed E-state index contributed by atoms with van der Waals surface area (Å²) in [5.74, 6) is 0.569. The van der Waals surface area contributed by atoms with Crippen LogP contribution in [0.4, 0.5) is 0 Å². The van der Waals surface area contributed by atoms with Gasteiger partial charge in [-0.15, -0.1) is 0 Å². The van der Waals surface area contributed by atoms with Gasteiger partial charge in [-0.1, -0.05) is 39.7 Å². The lowest BCUT2D eigenvalue weighted by Gasteiger charge is -2.23. The van der Waals surface area contributed by atoms with Crippen molar-refractivity contribution in [2.75, 3.05) is 7.11 Å². The van der Waals surface area contributed by atoms with Gasteiger partial charge in [-0.3, -0.25) is 4.79 Å². The van der Waals surface area contributed by atoms with Crippen molar-refractivity contribution in [2.45, 2.75) is 19.4 Å². The summed E-state index contributed by atoms with van der Waals surface area (Å²) in [6.07, 6.45) is 0.521. The van der Waals surface area contributed by atoms with Crippen LogP contribution in [-0.4, -0.2) is 28.7 Å². The first-order chi connectivity index (χ1) is 16.4. The number of aryl methyl sites for hydroxylation is 1. The van der Waals surface area contributed by atoms with Crippen molar-refractivity contribution >= 4 is 50.1 Å². The van der Waals surface area contributed by atoms with E-state index in [1.807, 2.05) is 67.6 Å². The molecule has 4 aromatic rings. The van der Waals surface area contributed by atoms with E-state index < -0.39 is 0 Å². The Balaban J connectivity index is 1.58. The van der Waals surface area contributed by atoms with E-state index in [1.54, 1.807) is 19.2 Å². The topological polar surface area (TPSA) is 54.8 Å². The molecule has 34 heavy (non-hydrogen) atoms. The Morgan fingerprint density at radius 2 is 1.79 bits per heavy atom. The number of benzene rings is 3. The van der Waals surface area contributed by atoms with Gasteiger partial charge in [-0.05, 0) is 78.7 Å². The lowest BCUT2D eigenvalue weighted by Crippen LogP contribution is -2.27. The summed E-state index contributed by atoms with van der Waals surface area (Å²) in [5, 5.41) is 7.65. The average molecular weight is 535 g/mol. The number of halogens is 2. The molecule has 5 rings (SSSR count). The number of nitrogens with zero attached hydrogens (tertiary/aromatic N) is 3. The number of aromatic nitrogens is 1. The molecule has 0 fully saturated rings. The van der Waals surface area contributed by atoms with Crippen LogP contribution in [-0.2, 0) is 0 Å². The van der Waals surface area contributed by atoms with Crippen LogP contribution < -0.4 is 4.74 Å². The zero-order chi connectivity index (χ0) is 23.8. The lowest BCUT2D eigenvalue weighted by molar-refractivity contribution is 0.0711. The van der Waals surface area contributed by atoms with Gasteiger partial charge in [0.05, 0.1) is 24.4 Å². The van der Waals surface area contributed by atoms with E-state index in [0.717, 1.165) is 43.5 Å². The number of pyridine rings is 1. The molecule has 1 aliphatic rings. The maximum Gasteiger partial charge on any atom is 0.274 e. The quantitative estimate of drug-likeness (QED) is 0.266. The number of amides is 1. The normalized spacial score (nSPS) is 15.5. The molecule has 0 unspecified atom stereocenters. The molecule has 5 nitrogen and oxygen atoms in total. The predicted octanol–water partition coefficient (Wildman–Crippen LogP) is 6.96. The molecule has 170 valence electrons. The second-order valence-electron chi connectivity index (χ2n) is 8.22. The summed E-state index contributed by atoms with van der Waals surface area (Å²) in [7, 11) is 1.63. The van der Waals surface area contributed by atoms with Gasteiger partial charge in [0.25, 0.3) is 5.91 Å². The highest BCUT2D eigenvalue weighted by atomic mass is 79.9. The van der Waals surface area contributed by atoms with Gasteiger partial charge in [-0.25, -0.2) is 9.99 Å². The van der Waals surface area contributed by atoms with Crippen LogP contribution >= 0.6 is 27.5 Å². The molecule has 1 aromatic heterocycles. The molecular formula is C27H21BrClN3O2. The van der Waals surface area contributed by atoms with E-state index in [9.17, 15) is 4.79 Å². The highest BCUT2D eigenvalue weighted by Gasteiger charge is 2.35. The number of hydrogen-bond acceptors (Lipinski definition) is 4. The summed E-state index contributed by atoms with van der Waals surface area (Å²) in [6.45, 7) is 2.02. The highest BCUT2D eigenvalue weighted by Crippen LogP contribution is 2.38. The summed E-state index contributed by atoms with van der Waals surface area (Å²) in [5.41, 5.74) is 5.00. The van der Waals surface area contributed by atoms with E-state index in [1.165, 1.54) is 5.01 Å². The third kappa shape index (κ3) is 4.31. The number of carbonyl (C=O) groups is 1. The first kappa shape index (κ1) is 22.6. The van der Waals surface area contributed by atoms with E-state index in [2.05, 4.69) is 20.9 Å². The molecule has 3 aromatic carbocycles. The van der Waals surface area contributed by atoms with Crippen molar-refractivity contribution in [3.05, 3.63) is 105 Å². The minimum absolute atomic E-state index is 0.193. The Bertz CT molecular complexity index is 1420. The Hall–Kier alpha value is -3.22. The third-order valence-corrected chi connectivity index (χ3v) is 6.78. The van der Waals surface area contributed by atoms with E-state index in [0.29, 0.717) is 17.1 Å². The van der Waals surface area contributed by atoms with Gasteiger partial charge >= 0.3 is 0 Å². The van der Waals surface area contributed by atoms with Crippen LogP contribution in [0.5, 0.6) is 5.75 Å². The molecule has 0 bridgehead atoms. The van der Waals surface area contributed by atoms with Gasteiger partial charge in [0.2, 0.25) is 0 Å². The fourth-order valence-electron chi connectivity index (χ4n) is 4.13. The molecule has 0 saturated carbocycles. The number of ether oxygens (including phenoxy) is 1. The molecule has 0 N–H and O–H groups in total. The molecule has 0 aliphatic carbocycles. The molecule has 0 radical (unpaired) electrons. The van der Waals surface area contributed by atoms with Gasteiger partial charge in [-0.2, -0.15) is 5.10 Å². The Kier molecular flexibility index (Phi) is 6.11. The highest BCUT2D eigenvalue weighted by molar-refractivity contribution is 9.10. The van der Waals surface area contributed by atoms with Crippen molar-refractivity contribution in [3.8, 4) is 5.75 Å². The maximum absolute atomic E-state index is 13.6. The smallest absolute Gasteiger partial charge is 0.274 e. The summed E-state index contributed by atoms with van der Waals surface area (Å²) < 4.78 is 6.18. The molecule has 1 aliphatic heterocycles. The SMILES string of the molecule is COc1ccc(C2=NN(C(=O)c3ccc(Br)cc3)[C@@H](c3cc4ccc(C)cc4nc3Cl)C2)cc1. The zero-order valence-electron chi connectivity index (χ0n) is 18.6. The summed E-state index contributed by atoms with van der Waals surface area (Å²) in [4.78, 5) is 18.2. The molecular weight excluding hydrogens is 514 g/mol. The Morgan fingerprint density at radius 1 is 1.06 bits per heavy atom. The van der Waals surface area contributed by atoms with Gasteiger partial charge < -0.3 is 4.74 Å². The maximum atomic E-state index is 13.6. The van der Waals surface area contributed by atoms with Crippen molar-refractivity contribution in [3.63, 3.8) is 0 Å². The second-order valence-corrected chi connectivity index (χ2v) is 9.49. The van der Waals surface area contributed by atoms with Crippen LogP contribution in [0, 0.1) is 6.92 Å². The number of hydrazone groups is 1. The standard InChI is InChI=1S/C27H21BrClN3O2/c1-16-3-4-19-14-22(26(29)30-23(19)13-16)25-15-24(17-7-11-21(34-2)12-8-17)31-32(25)27(33)18-5-9-20(28)10-6-18/h3-14,25H,15H2,1-2H3/t25-/m1/s1. The Labute approximate surface area is 211 Å². The van der Waals surface area contributed by atoms with Crippen molar-refractivity contribution in [1.29, 1.82) is 0 Å².